The monoisotopic (exact) mass is 384 g/mol. The summed E-state index contributed by atoms with van der Waals surface area (Å²) in [4.78, 5) is 29.8. The van der Waals surface area contributed by atoms with Crippen LogP contribution in [0.3, 0.4) is 0 Å². The van der Waals surface area contributed by atoms with Gasteiger partial charge in [0, 0.05) is 18.1 Å². The number of carbonyl (C=O) groups is 2. The first kappa shape index (κ1) is 17.7. The van der Waals surface area contributed by atoms with Crippen LogP contribution in [0.4, 0.5) is 10.1 Å². The van der Waals surface area contributed by atoms with Crippen molar-refractivity contribution in [3.63, 3.8) is 0 Å². The van der Waals surface area contributed by atoms with Gasteiger partial charge in [-0.2, -0.15) is 0 Å². The summed E-state index contributed by atoms with van der Waals surface area (Å²) in [6, 6.07) is 10.8. The van der Waals surface area contributed by atoms with Crippen LogP contribution >= 0.6 is 11.6 Å². The third-order valence-corrected chi connectivity index (χ3v) is 5.50. The molecule has 2 aliphatic rings. The molecule has 4 nitrogen and oxygen atoms in total. The predicted molar refractivity (Wildman–Crippen MR) is 103 cm³/mol. The second-order valence-corrected chi connectivity index (χ2v) is 7.16. The molecule has 138 valence electrons. The standard InChI is InChI=1S/C21H18ClFN2O2/c1-13-16(22)5-4-6-17(13)25-20(26)18(14-7-9-15(23)10-8-14)19(21(25)27)24-11-2-3-12-24/h4-10H,2-3,11-12H2,1H3. The fourth-order valence-electron chi connectivity index (χ4n) is 3.69. The Balaban J connectivity index is 1.86. The van der Waals surface area contributed by atoms with E-state index in [4.69, 9.17) is 11.6 Å². The van der Waals surface area contributed by atoms with E-state index in [1.54, 1.807) is 37.3 Å². The number of amides is 2. The topological polar surface area (TPSA) is 40.6 Å². The first-order valence-electron chi connectivity index (χ1n) is 8.88. The van der Waals surface area contributed by atoms with Crippen molar-refractivity contribution in [2.75, 3.05) is 18.0 Å². The van der Waals surface area contributed by atoms with Crippen LogP contribution in [0.25, 0.3) is 5.57 Å². The summed E-state index contributed by atoms with van der Waals surface area (Å²) in [7, 11) is 0. The molecule has 0 radical (unpaired) electrons. The van der Waals surface area contributed by atoms with E-state index >= 15 is 0 Å². The van der Waals surface area contributed by atoms with Gasteiger partial charge in [0.1, 0.15) is 11.5 Å². The minimum Gasteiger partial charge on any atom is -0.366 e. The van der Waals surface area contributed by atoms with Gasteiger partial charge in [0.05, 0.1) is 11.3 Å². The molecule has 0 unspecified atom stereocenters. The Bertz CT molecular complexity index is 963. The average molecular weight is 385 g/mol. The fourth-order valence-corrected chi connectivity index (χ4v) is 3.86. The van der Waals surface area contributed by atoms with Gasteiger partial charge in [0.15, 0.2) is 0 Å². The van der Waals surface area contributed by atoms with E-state index in [1.807, 2.05) is 4.90 Å². The van der Waals surface area contributed by atoms with E-state index in [0.717, 1.165) is 25.9 Å². The van der Waals surface area contributed by atoms with Gasteiger partial charge in [-0.25, -0.2) is 9.29 Å². The maximum Gasteiger partial charge on any atom is 0.282 e. The van der Waals surface area contributed by atoms with Gasteiger partial charge in [-0.05, 0) is 55.2 Å². The van der Waals surface area contributed by atoms with E-state index in [0.29, 0.717) is 33.1 Å². The lowest BCUT2D eigenvalue weighted by molar-refractivity contribution is -0.120. The summed E-state index contributed by atoms with van der Waals surface area (Å²) in [5.74, 6) is -1.15. The van der Waals surface area contributed by atoms with Crippen molar-refractivity contribution in [2.24, 2.45) is 0 Å². The molecule has 0 aliphatic carbocycles. The Morgan fingerprint density at radius 3 is 2.30 bits per heavy atom. The lowest BCUT2D eigenvalue weighted by Gasteiger charge is -2.21. The Morgan fingerprint density at radius 1 is 0.963 bits per heavy atom. The van der Waals surface area contributed by atoms with Crippen LogP contribution < -0.4 is 4.90 Å². The molecule has 1 fully saturated rings. The van der Waals surface area contributed by atoms with Gasteiger partial charge in [-0.15, -0.1) is 0 Å². The van der Waals surface area contributed by atoms with E-state index in [-0.39, 0.29) is 11.7 Å². The number of hydrogen-bond acceptors (Lipinski definition) is 3. The number of rotatable bonds is 3. The SMILES string of the molecule is Cc1c(Cl)cccc1N1C(=O)C(c2ccc(F)cc2)=C(N2CCCC2)C1=O. The lowest BCUT2D eigenvalue weighted by atomic mass is 10.0. The smallest absolute Gasteiger partial charge is 0.282 e. The van der Waals surface area contributed by atoms with E-state index < -0.39 is 5.91 Å². The normalized spacial score (nSPS) is 17.4. The Kier molecular flexibility index (Phi) is 4.48. The summed E-state index contributed by atoms with van der Waals surface area (Å²) >= 11 is 6.21. The molecule has 0 saturated carbocycles. The number of benzene rings is 2. The zero-order valence-electron chi connectivity index (χ0n) is 14.8. The van der Waals surface area contributed by atoms with Gasteiger partial charge < -0.3 is 4.90 Å². The fraction of sp³-hybridized carbons (Fsp3) is 0.238. The molecule has 27 heavy (non-hydrogen) atoms. The minimum atomic E-state index is -0.404. The molecule has 2 heterocycles. The Labute approximate surface area is 161 Å². The van der Waals surface area contributed by atoms with E-state index in [1.165, 1.54) is 17.0 Å². The number of carbonyl (C=O) groups excluding carboxylic acids is 2. The second-order valence-electron chi connectivity index (χ2n) is 6.75. The zero-order chi connectivity index (χ0) is 19.1. The molecular formula is C21H18ClFN2O2. The highest BCUT2D eigenvalue weighted by Gasteiger charge is 2.43. The largest absolute Gasteiger partial charge is 0.366 e. The Hall–Kier alpha value is -2.66. The first-order chi connectivity index (χ1) is 13.0. The summed E-state index contributed by atoms with van der Waals surface area (Å²) in [5.41, 5.74) is 2.40. The molecule has 2 aromatic carbocycles. The highest BCUT2D eigenvalue weighted by molar-refractivity contribution is 6.46. The van der Waals surface area contributed by atoms with Crippen molar-refractivity contribution in [1.29, 1.82) is 0 Å². The van der Waals surface area contributed by atoms with Crippen molar-refractivity contribution in [1.82, 2.24) is 4.90 Å². The molecule has 0 N–H and O–H groups in total. The van der Waals surface area contributed by atoms with Crippen molar-refractivity contribution in [3.05, 3.63) is 70.1 Å². The van der Waals surface area contributed by atoms with Crippen LogP contribution in [0, 0.1) is 12.7 Å². The zero-order valence-corrected chi connectivity index (χ0v) is 15.6. The highest BCUT2D eigenvalue weighted by Crippen LogP contribution is 2.38. The molecule has 2 aromatic rings. The van der Waals surface area contributed by atoms with Gasteiger partial charge >= 0.3 is 0 Å². The molecule has 1 saturated heterocycles. The molecule has 4 rings (SSSR count). The average Bonchev–Trinajstić information content (AvgIpc) is 3.25. The highest BCUT2D eigenvalue weighted by atomic mass is 35.5. The van der Waals surface area contributed by atoms with E-state index in [2.05, 4.69) is 0 Å². The third kappa shape index (κ3) is 2.92. The molecule has 2 amide bonds. The summed E-state index contributed by atoms with van der Waals surface area (Å²) in [6.07, 6.45) is 1.94. The minimum absolute atomic E-state index is 0.321. The van der Waals surface area contributed by atoms with Crippen LogP contribution in [-0.4, -0.2) is 29.8 Å². The third-order valence-electron chi connectivity index (χ3n) is 5.09. The number of imide groups is 1. The van der Waals surface area contributed by atoms with Gasteiger partial charge in [0.25, 0.3) is 11.8 Å². The number of halogens is 2. The van der Waals surface area contributed by atoms with Crippen molar-refractivity contribution in [2.45, 2.75) is 19.8 Å². The van der Waals surface area contributed by atoms with Crippen molar-refractivity contribution < 1.29 is 14.0 Å². The number of anilines is 1. The summed E-state index contributed by atoms with van der Waals surface area (Å²) in [6.45, 7) is 3.23. The summed E-state index contributed by atoms with van der Waals surface area (Å²) in [5, 5.41) is 0.492. The maximum atomic E-state index is 13.4. The van der Waals surface area contributed by atoms with Crippen molar-refractivity contribution in [3.8, 4) is 0 Å². The molecule has 0 atom stereocenters. The van der Waals surface area contributed by atoms with Crippen LogP contribution in [0.15, 0.2) is 48.2 Å². The molecule has 0 aromatic heterocycles. The Morgan fingerprint density at radius 2 is 1.63 bits per heavy atom. The number of nitrogens with zero attached hydrogens (tertiary/aromatic N) is 2. The van der Waals surface area contributed by atoms with Crippen LogP contribution in [0.5, 0.6) is 0 Å². The molecular weight excluding hydrogens is 367 g/mol. The van der Waals surface area contributed by atoms with Crippen LogP contribution in [0.1, 0.15) is 24.0 Å². The first-order valence-corrected chi connectivity index (χ1v) is 9.26. The van der Waals surface area contributed by atoms with E-state index in [9.17, 15) is 14.0 Å². The second kappa shape index (κ2) is 6.82. The van der Waals surface area contributed by atoms with Crippen LogP contribution in [0.2, 0.25) is 5.02 Å². The summed E-state index contributed by atoms with van der Waals surface area (Å²) < 4.78 is 13.4. The van der Waals surface area contributed by atoms with Gasteiger partial charge in [0.2, 0.25) is 0 Å². The lowest BCUT2D eigenvalue weighted by Crippen LogP contribution is -2.35. The maximum absolute atomic E-state index is 13.4. The van der Waals surface area contributed by atoms with Gasteiger partial charge in [-0.3, -0.25) is 9.59 Å². The van der Waals surface area contributed by atoms with Crippen LogP contribution in [-0.2, 0) is 9.59 Å². The predicted octanol–water partition coefficient (Wildman–Crippen LogP) is 4.17. The number of hydrogen-bond donors (Lipinski definition) is 0. The molecule has 0 bridgehead atoms. The molecule has 2 aliphatic heterocycles. The van der Waals surface area contributed by atoms with Gasteiger partial charge in [-0.1, -0.05) is 29.8 Å². The van der Waals surface area contributed by atoms with Crippen molar-refractivity contribution >= 4 is 34.7 Å². The number of likely N-dealkylation sites (tertiary alicyclic amines) is 1. The molecule has 0 spiro atoms. The molecule has 6 heteroatoms. The quantitative estimate of drug-likeness (QED) is 0.746.